The third-order valence-corrected chi connectivity index (χ3v) is 5.49. The largest absolute Gasteiger partial charge is 0.436 e. The molecule has 2 amide bonds. The molecule has 0 unspecified atom stereocenters. The van der Waals surface area contributed by atoms with Gasteiger partial charge < -0.3 is 15.0 Å². The number of anilines is 1. The first-order chi connectivity index (χ1) is 16.0. The molecule has 170 valence electrons. The van der Waals surface area contributed by atoms with Gasteiger partial charge in [0.1, 0.15) is 12.1 Å². The van der Waals surface area contributed by atoms with Crippen LogP contribution in [0.5, 0.6) is 11.6 Å². The summed E-state index contributed by atoms with van der Waals surface area (Å²) in [7, 11) is 2.06. The van der Waals surface area contributed by atoms with Crippen LogP contribution in [0.25, 0.3) is 0 Å². The Bertz CT molecular complexity index is 1130. The van der Waals surface area contributed by atoms with E-state index in [4.69, 9.17) is 4.74 Å². The molecule has 0 radical (unpaired) electrons. The molecule has 1 aliphatic rings. The maximum absolute atomic E-state index is 13.3. The number of aryl methyl sites for hydroxylation is 1. The van der Waals surface area contributed by atoms with Gasteiger partial charge in [0.2, 0.25) is 11.8 Å². The van der Waals surface area contributed by atoms with Gasteiger partial charge in [0.05, 0.1) is 5.69 Å². The molecule has 0 bridgehead atoms. The molecule has 0 saturated heterocycles. The molecule has 0 aliphatic carbocycles. The maximum Gasteiger partial charge on any atom is 0.264 e. The summed E-state index contributed by atoms with van der Waals surface area (Å²) in [5.41, 5.74) is 3.13. The molecule has 33 heavy (non-hydrogen) atoms. The zero-order valence-corrected chi connectivity index (χ0v) is 19.0. The quantitative estimate of drug-likeness (QED) is 0.535. The Morgan fingerprint density at radius 3 is 2.76 bits per heavy atom. The van der Waals surface area contributed by atoms with Crippen molar-refractivity contribution in [3.05, 3.63) is 83.6 Å². The van der Waals surface area contributed by atoms with E-state index in [1.807, 2.05) is 37.3 Å². The van der Waals surface area contributed by atoms with Gasteiger partial charge in [-0.15, -0.1) is 0 Å². The first-order valence-corrected chi connectivity index (χ1v) is 11.1. The molecule has 2 aromatic carbocycles. The van der Waals surface area contributed by atoms with Gasteiger partial charge in [-0.05, 0) is 62.3 Å². The van der Waals surface area contributed by atoms with E-state index in [0.29, 0.717) is 23.5 Å². The summed E-state index contributed by atoms with van der Waals surface area (Å²) < 4.78 is 5.90. The Morgan fingerprint density at radius 2 is 1.94 bits per heavy atom. The molecule has 0 atom stereocenters. The fourth-order valence-corrected chi connectivity index (χ4v) is 3.83. The van der Waals surface area contributed by atoms with Crippen LogP contribution in [0.3, 0.4) is 0 Å². The molecule has 0 saturated carbocycles. The topological polar surface area (TPSA) is 74.8 Å². The number of aromatic nitrogens is 1. The van der Waals surface area contributed by atoms with E-state index >= 15 is 0 Å². The SMILES string of the molecule is Cc1ccc2c(c1)N(CC(=O)NCCCN(C)Cc1ccccc1)C(=O)c1cccnc1O2. The number of carbonyl (C=O) groups excluding carboxylic acids is 2. The molecule has 1 N–H and O–H groups in total. The van der Waals surface area contributed by atoms with Crippen molar-refractivity contribution in [2.24, 2.45) is 0 Å². The number of hydrogen-bond donors (Lipinski definition) is 1. The van der Waals surface area contributed by atoms with Crippen molar-refractivity contribution in [3.63, 3.8) is 0 Å². The zero-order valence-electron chi connectivity index (χ0n) is 19.0. The lowest BCUT2D eigenvalue weighted by molar-refractivity contribution is -0.119. The molecule has 1 aromatic heterocycles. The van der Waals surface area contributed by atoms with Crippen molar-refractivity contribution in [3.8, 4) is 11.6 Å². The molecular formula is C26H28N4O3. The van der Waals surface area contributed by atoms with Gasteiger partial charge in [-0.3, -0.25) is 14.5 Å². The summed E-state index contributed by atoms with van der Waals surface area (Å²) >= 11 is 0. The highest BCUT2D eigenvalue weighted by Crippen LogP contribution is 2.38. The van der Waals surface area contributed by atoms with Gasteiger partial charge >= 0.3 is 0 Å². The van der Waals surface area contributed by atoms with Crippen molar-refractivity contribution in [2.75, 3.05) is 31.6 Å². The molecule has 4 rings (SSSR count). The number of benzene rings is 2. The number of amides is 2. The number of carbonyl (C=O) groups is 2. The molecule has 0 spiro atoms. The third-order valence-electron chi connectivity index (χ3n) is 5.49. The number of nitrogens with zero attached hydrogens (tertiary/aromatic N) is 3. The van der Waals surface area contributed by atoms with E-state index in [1.54, 1.807) is 24.4 Å². The van der Waals surface area contributed by atoms with Crippen molar-refractivity contribution < 1.29 is 14.3 Å². The Labute approximate surface area is 194 Å². The Morgan fingerprint density at radius 1 is 1.12 bits per heavy atom. The molecular weight excluding hydrogens is 416 g/mol. The summed E-state index contributed by atoms with van der Waals surface area (Å²) in [6.45, 7) is 4.10. The summed E-state index contributed by atoms with van der Waals surface area (Å²) in [4.78, 5) is 33.9. The van der Waals surface area contributed by atoms with E-state index in [-0.39, 0.29) is 24.2 Å². The van der Waals surface area contributed by atoms with Crippen LogP contribution in [0.2, 0.25) is 0 Å². The van der Waals surface area contributed by atoms with Gasteiger partial charge in [-0.2, -0.15) is 0 Å². The van der Waals surface area contributed by atoms with Crippen molar-refractivity contribution in [1.82, 2.24) is 15.2 Å². The van der Waals surface area contributed by atoms with Gasteiger partial charge in [0, 0.05) is 19.3 Å². The summed E-state index contributed by atoms with van der Waals surface area (Å²) in [6, 6.07) is 19.2. The molecule has 2 heterocycles. The van der Waals surface area contributed by atoms with Gasteiger partial charge in [0.15, 0.2) is 5.75 Å². The molecule has 0 fully saturated rings. The predicted octanol–water partition coefficient (Wildman–Crippen LogP) is 3.78. The highest BCUT2D eigenvalue weighted by Gasteiger charge is 2.30. The Balaban J connectivity index is 1.36. The lowest BCUT2D eigenvalue weighted by Crippen LogP contribution is -2.41. The van der Waals surface area contributed by atoms with Crippen LogP contribution in [0.1, 0.15) is 27.9 Å². The molecule has 7 heteroatoms. The zero-order chi connectivity index (χ0) is 23.2. The first-order valence-electron chi connectivity index (χ1n) is 11.1. The minimum atomic E-state index is -0.305. The van der Waals surface area contributed by atoms with E-state index in [0.717, 1.165) is 25.1 Å². The van der Waals surface area contributed by atoms with Crippen LogP contribution < -0.4 is 15.0 Å². The smallest absolute Gasteiger partial charge is 0.264 e. The molecule has 1 aliphatic heterocycles. The fourth-order valence-electron chi connectivity index (χ4n) is 3.83. The summed E-state index contributed by atoms with van der Waals surface area (Å²) in [5.74, 6) is 0.229. The van der Waals surface area contributed by atoms with Gasteiger partial charge in [0.25, 0.3) is 5.91 Å². The maximum atomic E-state index is 13.3. The second-order valence-corrected chi connectivity index (χ2v) is 8.25. The third kappa shape index (κ3) is 5.56. The number of hydrogen-bond acceptors (Lipinski definition) is 5. The van der Waals surface area contributed by atoms with Crippen molar-refractivity contribution >= 4 is 17.5 Å². The molecule has 7 nitrogen and oxygen atoms in total. The number of fused-ring (bicyclic) bond motifs is 2. The van der Waals surface area contributed by atoms with E-state index in [1.165, 1.54) is 10.5 Å². The second kappa shape index (κ2) is 10.3. The van der Waals surface area contributed by atoms with Crippen molar-refractivity contribution in [1.29, 1.82) is 0 Å². The molecule has 3 aromatic rings. The number of ether oxygens (including phenoxy) is 1. The van der Waals surface area contributed by atoms with Crippen LogP contribution in [-0.2, 0) is 11.3 Å². The average Bonchev–Trinajstić information content (AvgIpc) is 2.92. The monoisotopic (exact) mass is 444 g/mol. The lowest BCUT2D eigenvalue weighted by Gasteiger charge is -2.22. The minimum absolute atomic E-state index is 0.0904. The Kier molecular flexibility index (Phi) is 7.00. The summed E-state index contributed by atoms with van der Waals surface area (Å²) in [5, 5.41) is 2.94. The first kappa shape index (κ1) is 22.5. The van der Waals surface area contributed by atoms with Crippen LogP contribution in [0, 0.1) is 6.92 Å². The number of rotatable bonds is 8. The van der Waals surface area contributed by atoms with Crippen LogP contribution in [-0.4, -0.2) is 48.4 Å². The number of nitrogens with one attached hydrogen (secondary N) is 1. The van der Waals surface area contributed by atoms with E-state index in [9.17, 15) is 9.59 Å². The minimum Gasteiger partial charge on any atom is -0.436 e. The van der Waals surface area contributed by atoms with Crippen LogP contribution >= 0.6 is 0 Å². The number of pyridine rings is 1. The van der Waals surface area contributed by atoms with E-state index < -0.39 is 0 Å². The fraction of sp³-hybridized carbons (Fsp3) is 0.269. The van der Waals surface area contributed by atoms with E-state index in [2.05, 4.69) is 34.4 Å². The second-order valence-electron chi connectivity index (χ2n) is 8.25. The normalized spacial score (nSPS) is 12.6. The highest BCUT2D eigenvalue weighted by atomic mass is 16.5. The summed E-state index contributed by atoms with van der Waals surface area (Å²) in [6.07, 6.45) is 2.39. The standard InChI is InChI=1S/C26H28N4O3/c1-19-11-12-23-22(16-19)30(26(32)21-10-6-13-28-25(21)33-23)18-24(31)27-14-7-15-29(2)17-20-8-4-3-5-9-20/h3-6,8-13,16H,7,14-15,17-18H2,1-2H3,(H,27,31). The van der Waals surface area contributed by atoms with Crippen LogP contribution in [0.4, 0.5) is 5.69 Å². The van der Waals surface area contributed by atoms with Crippen molar-refractivity contribution in [2.45, 2.75) is 19.9 Å². The highest BCUT2D eigenvalue weighted by molar-refractivity contribution is 6.11. The van der Waals surface area contributed by atoms with Gasteiger partial charge in [-0.25, -0.2) is 4.98 Å². The van der Waals surface area contributed by atoms with Crippen LogP contribution in [0.15, 0.2) is 66.9 Å². The average molecular weight is 445 g/mol. The Hall–Kier alpha value is -3.71. The lowest BCUT2D eigenvalue weighted by atomic mass is 10.1. The predicted molar refractivity (Wildman–Crippen MR) is 128 cm³/mol. The van der Waals surface area contributed by atoms with Gasteiger partial charge in [-0.1, -0.05) is 36.4 Å².